The maximum absolute atomic E-state index is 11.4. The summed E-state index contributed by atoms with van der Waals surface area (Å²) in [4.78, 5) is 11.4. The lowest BCUT2D eigenvalue weighted by Gasteiger charge is -2.07. The van der Waals surface area contributed by atoms with Crippen LogP contribution in [0.4, 0.5) is 5.82 Å². The van der Waals surface area contributed by atoms with Gasteiger partial charge in [-0.3, -0.25) is 0 Å². The molecular weight excluding hydrogens is 306 g/mol. The second-order valence-corrected chi connectivity index (χ2v) is 5.06. The topological polar surface area (TPSA) is 84.3 Å². The highest BCUT2D eigenvalue weighted by molar-refractivity contribution is 6.30. The SMILES string of the molecule is O=c1[nH]nc2ccc(NCCOCc3ccc(Cl)cc3)nn12. The van der Waals surface area contributed by atoms with Crippen LogP contribution in [0.15, 0.2) is 41.2 Å². The Labute approximate surface area is 130 Å². The molecule has 3 aromatic rings. The van der Waals surface area contributed by atoms with E-state index < -0.39 is 0 Å². The lowest BCUT2D eigenvalue weighted by Crippen LogP contribution is -2.15. The number of aromatic amines is 1. The highest BCUT2D eigenvalue weighted by atomic mass is 35.5. The molecule has 0 amide bonds. The second kappa shape index (κ2) is 6.59. The minimum atomic E-state index is -0.363. The maximum atomic E-state index is 11.4. The molecule has 3 rings (SSSR count). The predicted octanol–water partition coefficient (Wildman–Crippen LogP) is 1.70. The van der Waals surface area contributed by atoms with Crippen LogP contribution in [0.25, 0.3) is 5.65 Å². The molecule has 114 valence electrons. The fraction of sp³-hybridized carbons (Fsp3) is 0.214. The molecule has 2 aromatic heterocycles. The number of H-pyrrole nitrogens is 1. The van der Waals surface area contributed by atoms with Crippen LogP contribution < -0.4 is 11.0 Å². The van der Waals surface area contributed by atoms with Crippen molar-refractivity contribution in [1.29, 1.82) is 0 Å². The van der Waals surface area contributed by atoms with Crippen molar-refractivity contribution in [2.75, 3.05) is 18.5 Å². The van der Waals surface area contributed by atoms with Gasteiger partial charge in [-0.15, -0.1) is 5.10 Å². The summed E-state index contributed by atoms with van der Waals surface area (Å²) >= 11 is 5.82. The van der Waals surface area contributed by atoms with Crippen LogP contribution in [-0.2, 0) is 11.3 Å². The van der Waals surface area contributed by atoms with E-state index in [2.05, 4.69) is 20.6 Å². The summed E-state index contributed by atoms with van der Waals surface area (Å²) in [5, 5.41) is 14.1. The van der Waals surface area contributed by atoms with Crippen molar-refractivity contribution in [1.82, 2.24) is 19.8 Å². The molecule has 0 aliphatic rings. The first-order chi connectivity index (χ1) is 10.7. The van der Waals surface area contributed by atoms with E-state index in [1.165, 1.54) is 4.52 Å². The first-order valence-electron chi connectivity index (χ1n) is 6.73. The van der Waals surface area contributed by atoms with Crippen LogP contribution in [0.3, 0.4) is 0 Å². The zero-order valence-corrected chi connectivity index (χ0v) is 12.4. The molecule has 0 saturated carbocycles. The van der Waals surface area contributed by atoms with Gasteiger partial charge in [0.25, 0.3) is 0 Å². The standard InChI is InChI=1S/C14H14ClN5O2/c15-11-3-1-10(2-4-11)9-22-8-7-16-12-5-6-13-17-18-14(21)20(13)19-12/h1-6H,7-9H2,(H,16,19)(H,18,21). The van der Waals surface area contributed by atoms with E-state index in [9.17, 15) is 4.79 Å². The second-order valence-electron chi connectivity index (χ2n) is 4.62. The molecule has 0 radical (unpaired) electrons. The molecule has 2 heterocycles. The first-order valence-corrected chi connectivity index (χ1v) is 7.11. The first kappa shape index (κ1) is 14.6. The van der Waals surface area contributed by atoms with Crippen LogP contribution in [0.1, 0.15) is 5.56 Å². The molecule has 2 N–H and O–H groups in total. The van der Waals surface area contributed by atoms with E-state index in [-0.39, 0.29) is 5.69 Å². The number of nitrogens with one attached hydrogen (secondary N) is 2. The van der Waals surface area contributed by atoms with Crippen molar-refractivity contribution in [2.45, 2.75) is 6.61 Å². The lowest BCUT2D eigenvalue weighted by molar-refractivity contribution is 0.130. The van der Waals surface area contributed by atoms with Gasteiger partial charge in [-0.05, 0) is 29.8 Å². The third kappa shape index (κ3) is 3.44. The molecule has 1 aromatic carbocycles. The molecule has 0 unspecified atom stereocenters. The summed E-state index contributed by atoms with van der Waals surface area (Å²) in [5.74, 6) is 0.589. The average Bonchev–Trinajstić information content (AvgIpc) is 2.90. The Morgan fingerprint density at radius 3 is 2.86 bits per heavy atom. The van der Waals surface area contributed by atoms with Crippen molar-refractivity contribution in [3.05, 3.63) is 57.5 Å². The van der Waals surface area contributed by atoms with E-state index in [1.807, 2.05) is 24.3 Å². The zero-order valence-electron chi connectivity index (χ0n) is 11.6. The van der Waals surface area contributed by atoms with Gasteiger partial charge < -0.3 is 10.1 Å². The largest absolute Gasteiger partial charge is 0.375 e. The molecule has 7 nitrogen and oxygen atoms in total. The number of benzene rings is 1. The van der Waals surface area contributed by atoms with Crippen molar-refractivity contribution in [3.8, 4) is 0 Å². The molecular formula is C14H14ClN5O2. The minimum Gasteiger partial charge on any atom is -0.375 e. The molecule has 0 atom stereocenters. The van der Waals surface area contributed by atoms with Gasteiger partial charge in [0, 0.05) is 11.6 Å². The number of ether oxygens (including phenoxy) is 1. The van der Waals surface area contributed by atoms with Crippen molar-refractivity contribution >= 4 is 23.1 Å². The van der Waals surface area contributed by atoms with Gasteiger partial charge in [0.2, 0.25) is 0 Å². The van der Waals surface area contributed by atoms with Crippen LogP contribution in [-0.4, -0.2) is 33.0 Å². The number of aromatic nitrogens is 4. The van der Waals surface area contributed by atoms with E-state index in [1.54, 1.807) is 12.1 Å². The number of halogens is 1. The van der Waals surface area contributed by atoms with Gasteiger partial charge in [0.15, 0.2) is 5.65 Å². The fourth-order valence-electron chi connectivity index (χ4n) is 1.92. The Morgan fingerprint density at radius 2 is 2.05 bits per heavy atom. The van der Waals surface area contributed by atoms with Crippen molar-refractivity contribution < 1.29 is 4.74 Å². The summed E-state index contributed by atoms with van der Waals surface area (Å²) in [7, 11) is 0. The molecule has 0 bridgehead atoms. The molecule has 8 heteroatoms. The number of anilines is 1. The Bertz CT molecular complexity index is 812. The van der Waals surface area contributed by atoms with E-state index in [4.69, 9.17) is 16.3 Å². The molecule has 0 aliphatic carbocycles. The van der Waals surface area contributed by atoms with E-state index >= 15 is 0 Å². The molecule has 0 aliphatic heterocycles. The number of rotatable bonds is 6. The molecule has 0 saturated heterocycles. The third-order valence-corrected chi connectivity index (χ3v) is 3.26. The smallest absolute Gasteiger partial charge is 0.364 e. The number of hydrogen-bond donors (Lipinski definition) is 2. The quantitative estimate of drug-likeness (QED) is 0.676. The Morgan fingerprint density at radius 1 is 1.23 bits per heavy atom. The maximum Gasteiger partial charge on any atom is 0.364 e. The monoisotopic (exact) mass is 319 g/mol. The predicted molar refractivity (Wildman–Crippen MR) is 83.2 cm³/mol. The highest BCUT2D eigenvalue weighted by Crippen LogP contribution is 2.10. The summed E-state index contributed by atoms with van der Waals surface area (Å²) in [5.41, 5.74) is 1.18. The number of nitrogens with zero attached hydrogens (tertiary/aromatic N) is 3. The Balaban J connectivity index is 1.47. The fourth-order valence-corrected chi connectivity index (χ4v) is 2.05. The van der Waals surface area contributed by atoms with Gasteiger partial charge >= 0.3 is 5.69 Å². The van der Waals surface area contributed by atoms with Gasteiger partial charge in [0.05, 0.1) is 13.2 Å². The van der Waals surface area contributed by atoms with Crippen LogP contribution in [0.2, 0.25) is 5.02 Å². The molecule has 0 fully saturated rings. The molecule has 22 heavy (non-hydrogen) atoms. The van der Waals surface area contributed by atoms with Crippen LogP contribution in [0.5, 0.6) is 0 Å². The zero-order chi connectivity index (χ0) is 15.4. The normalized spacial score (nSPS) is 11.0. The van der Waals surface area contributed by atoms with Gasteiger partial charge in [-0.1, -0.05) is 23.7 Å². The van der Waals surface area contributed by atoms with Crippen molar-refractivity contribution in [2.24, 2.45) is 0 Å². The van der Waals surface area contributed by atoms with Crippen LogP contribution in [0, 0.1) is 0 Å². The van der Waals surface area contributed by atoms with Crippen molar-refractivity contribution in [3.63, 3.8) is 0 Å². The minimum absolute atomic E-state index is 0.363. The lowest BCUT2D eigenvalue weighted by atomic mass is 10.2. The van der Waals surface area contributed by atoms with Gasteiger partial charge in [0.1, 0.15) is 5.82 Å². The Hall–Kier alpha value is -2.38. The summed E-state index contributed by atoms with van der Waals surface area (Å²) in [6.45, 7) is 1.62. The summed E-state index contributed by atoms with van der Waals surface area (Å²) in [6, 6.07) is 11.0. The van der Waals surface area contributed by atoms with Crippen LogP contribution >= 0.6 is 11.6 Å². The van der Waals surface area contributed by atoms with E-state index in [0.717, 1.165) is 5.56 Å². The Kier molecular flexibility index (Phi) is 4.36. The number of fused-ring (bicyclic) bond motifs is 1. The highest BCUT2D eigenvalue weighted by Gasteiger charge is 2.02. The average molecular weight is 320 g/mol. The number of hydrogen-bond acceptors (Lipinski definition) is 5. The van der Waals surface area contributed by atoms with E-state index in [0.29, 0.717) is 36.2 Å². The summed E-state index contributed by atoms with van der Waals surface area (Å²) < 4.78 is 6.76. The van der Waals surface area contributed by atoms with Gasteiger partial charge in [-0.2, -0.15) is 9.61 Å². The van der Waals surface area contributed by atoms with Gasteiger partial charge in [-0.25, -0.2) is 9.89 Å². The summed E-state index contributed by atoms with van der Waals surface area (Å²) in [6.07, 6.45) is 0. The molecule has 0 spiro atoms. The third-order valence-electron chi connectivity index (χ3n) is 3.01.